The fourth-order valence-corrected chi connectivity index (χ4v) is 4.56. The molecule has 3 nitrogen and oxygen atoms in total. The summed E-state index contributed by atoms with van der Waals surface area (Å²) in [5.41, 5.74) is 0. The second-order valence-corrected chi connectivity index (χ2v) is 6.72. The van der Waals surface area contributed by atoms with E-state index >= 15 is 0 Å². The number of fused-ring (bicyclic) bond motifs is 1. The van der Waals surface area contributed by atoms with E-state index in [1.54, 1.807) is 0 Å². The van der Waals surface area contributed by atoms with E-state index in [0.717, 1.165) is 12.8 Å². The molecule has 1 N–H and O–H groups in total. The van der Waals surface area contributed by atoms with Crippen LogP contribution in [0.4, 0.5) is 0 Å². The molecule has 76 valence electrons. The first kappa shape index (κ1) is 9.46. The van der Waals surface area contributed by atoms with Gasteiger partial charge >= 0.3 is 0 Å². The SMILES string of the molecule is CC1CCC2NCCS(=O)(=O)C2C1. The summed E-state index contributed by atoms with van der Waals surface area (Å²) in [4.78, 5) is 0. The topological polar surface area (TPSA) is 46.2 Å². The summed E-state index contributed by atoms with van der Waals surface area (Å²) in [6.45, 7) is 2.80. The smallest absolute Gasteiger partial charge is 0.155 e. The Kier molecular flexibility index (Phi) is 2.36. The molecule has 0 bridgehead atoms. The lowest BCUT2D eigenvalue weighted by Crippen LogP contribution is -2.54. The van der Waals surface area contributed by atoms with Gasteiger partial charge in [0.2, 0.25) is 0 Å². The first-order chi connectivity index (χ1) is 6.09. The molecular weight excluding hydrogens is 186 g/mol. The largest absolute Gasteiger partial charge is 0.312 e. The summed E-state index contributed by atoms with van der Waals surface area (Å²) in [5, 5.41) is 3.23. The molecule has 1 saturated heterocycles. The van der Waals surface area contributed by atoms with E-state index < -0.39 is 9.84 Å². The van der Waals surface area contributed by atoms with Crippen LogP contribution in [0, 0.1) is 5.92 Å². The molecule has 13 heavy (non-hydrogen) atoms. The third-order valence-corrected chi connectivity index (χ3v) is 5.52. The molecule has 0 aromatic rings. The van der Waals surface area contributed by atoms with Gasteiger partial charge in [-0.25, -0.2) is 8.42 Å². The van der Waals surface area contributed by atoms with Gasteiger partial charge in [0.25, 0.3) is 0 Å². The van der Waals surface area contributed by atoms with Crippen molar-refractivity contribution in [2.24, 2.45) is 5.92 Å². The average Bonchev–Trinajstić information content (AvgIpc) is 2.06. The third kappa shape index (κ3) is 1.74. The number of hydrogen-bond donors (Lipinski definition) is 1. The maximum atomic E-state index is 11.7. The fraction of sp³-hybridized carbons (Fsp3) is 1.00. The second-order valence-electron chi connectivity index (χ2n) is 4.38. The molecule has 0 amide bonds. The van der Waals surface area contributed by atoms with Gasteiger partial charge in [-0.3, -0.25) is 0 Å². The van der Waals surface area contributed by atoms with Crippen molar-refractivity contribution in [3.05, 3.63) is 0 Å². The Labute approximate surface area is 79.8 Å². The maximum absolute atomic E-state index is 11.7. The van der Waals surface area contributed by atoms with Crippen molar-refractivity contribution in [3.63, 3.8) is 0 Å². The standard InChI is InChI=1S/C9H17NO2S/c1-7-2-3-8-9(6-7)13(11,12)5-4-10-8/h7-10H,2-6H2,1H3. The lowest BCUT2D eigenvalue weighted by Gasteiger charge is -2.38. The van der Waals surface area contributed by atoms with Gasteiger partial charge in [-0.1, -0.05) is 6.92 Å². The Balaban J connectivity index is 2.20. The van der Waals surface area contributed by atoms with Crippen LogP contribution in [0.1, 0.15) is 26.2 Å². The van der Waals surface area contributed by atoms with E-state index in [-0.39, 0.29) is 11.3 Å². The molecule has 4 heteroatoms. The van der Waals surface area contributed by atoms with Crippen LogP contribution < -0.4 is 5.32 Å². The minimum Gasteiger partial charge on any atom is -0.312 e. The first-order valence-corrected chi connectivity index (χ1v) is 6.76. The number of hydrogen-bond acceptors (Lipinski definition) is 3. The molecule has 0 aromatic carbocycles. The minimum atomic E-state index is -2.78. The van der Waals surface area contributed by atoms with Crippen LogP contribution in [0.5, 0.6) is 0 Å². The molecule has 0 spiro atoms. The molecule has 0 radical (unpaired) electrons. The molecule has 1 aliphatic heterocycles. The summed E-state index contributed by atoms with van der Waals surface area (Å²) >= 11 is 0. The molecule has 2 fully saturated rings. The monoisotopic (exact) mass is 203 g/mol. The summed E-state index contributed by atoms with van der Waals surface area (Å²) in [6, 6.07) is 0.245. The molecule has 2 rings (SSSR count). The highest BCUT2D eigenvalue weighted by atomic mass is 32.2. The summed E-state index contributed by atoms with van der Waals surface area (Å²) in [7, 11) is -2.78. The Morgan fingerprint density at radius 1 is 1.31 bits per heavy atom. The minimum absolute atomic E-state index is 0.0926. The molecule has 1 heterocycles. The number of nitrogens with one attached hydrogen (secondary N) is 1. The van der Waals surface area contributed by atoms with Crippen molar-refractivity contribution >= 4 is 9.84 Å². The van der Waals surface area contributed by atoms with E-state index in [1.165, 1.54) is 6.42 Å². The molecular formula is C9H17NO2S. The summed E-state index contributed by atoms with van der Waals surface area (Å²) in [5.74, 6) is 0.914. The van der Waals surface area contributed by atoms with E-state index in [1.807, 2.05) is 0 Å². The molecule has 3 atom stereocenters. The zero-order chi connectivity index (χ0) is 9.47. The lowest BCUT2D eigenvalue weighted by atomic mass is 9.87. The van der Waals surface area contributed by atoms with Gasteiger partial charge in [-0.2, -0.15) is 0 Å². The molecule has 3 unspecified atom stereocenters. The highest BCUT2D eigenvalue weighted by Gasteiger charge is 2.39. The summed E-state index contributed by atoms with van der Waals surface area (Å²) < 4.78 is 23.4. The molecule has 1 saturated carbocycles. The molecule has 2 aliphatic rings. The van der Waals surface area contributed by atoms with Crippen LogP contribution >= 0.6 is 0 Å². The van der Waals surface area contributed by atoms with Crippen molar-refractivity contribution in [1.29, 1.82) is 0 Å². The zero-order valence-electron chi connectivity index (χ0n) is 7.99. The number of sulfone groups is 1. The van der Waals surface area contributed by atoms with Crippen molar-refractivity contribution in [2.45, 2.75) is 37.5 Å². The Morgan fingerprint density at radius 2 is 2.08 bits per heavy atom. The van der Waals surface area contributed by atoms with E-state index in [9.17, 15) is 8.42 Å². The third-order valence-electron chi connectivity index (χ3n) is 3.31. The van der Waals surface area contributed by atoms with Crippen LogP contribution in [0.2, 0.25) is 0 Å². The summed E-state index contributed by atoms with van der Waals surface area (Å²) in [6.07, 6.45) is 3.06. The van der Waals surface area contributed by atoms with Crippen molar-refractivity contribution < 1.29 is 8.42 Å². The highest BCUT2D eigenvalue weighted by Crippen LogP contribution is 2.30. The van der Waals surface area contributed by atoms with Gasteiger partial charge in [-0.05, 0) is 25.2 Å². The van der Waals surface area contributed by atoms with Gasteiger partial charge in [0.05, 0.1) is 11.0 Å². The van der Waals surface area contributed by atoms with E-state index in [4.69, 9.17) is 0 Å². The van der Waals surface area contributed by atoms with Crippen LogP contribution in [0.3, 0.4) is 0 Å². The van der Waals surface area contributed by atoms with Crippen LogP contribution in [-0.4, -0.2) is 32.0 Å². The van der Waals surface area contributed by atoms with Crippen molar-refractivity contribution in [2.75, 3.05) is 12.3 Å². The van der Waals surface area contributed by atoms with Crippen LogP contribution in [0.25, 0.3) is 0 Å². The first-order valence-electron chi connectivity index (χ1n) is 5.04. The predicted octanol–water partition coefficient (Wildman–Crippen LogP) is 0.562. The average molecular weight is 203 g/mol. The van der Waals surface area contributed by atoms with Gasteiger partial charge in [0.15, 0.2) is 9.84 Å². The van der Waals surface area contributed by atoms with Gasteiger partial charge in [0.1, 0.15) is 0 Å². The van der Waals surface area contributed by atoms with Crippen molar-refractivity contribution in [3.8, 4) is 0 Å². The normalized spacial score (nSPS) is 43.9. The lowest BCUT2D eigenvalue weighted by molar-refractivity contribution is 0.302. The Bertz CT molecular complexity index is 286. The fourth-order valence-electron chi connectivity index (χ4n) is 2.50. The van der Waals surface area contributed by atoms with Gasteiger partial charge < -0.3 is 5.32 Å². The van der Waals surface area contributed by atoms with E-state index in [2.05, 4.69) is 12.2 Å². The second kappa shape index (κ2) is 3.24. The van der Waals surface area contributed by atoms with Gasteiger partial charge in [-0.15, -0.1) is 0 Å². The molecule has 0 aromatic heterocycles. The molecule has 1 aliphatic carbocycles. The predicted molar refractivity (Wildman–Crippen MR) is 52.4 cm³/mol. The quantitative estimate of drug-likeness (QED) is 0.626. The van der Waals surface area contributed by atoms with E-state index in [0.29, 0.717) is 18.2 Å². The van der Waals surface area contributed by atoms with Crippen LogP contribution in [0.15, 0.2) is 0 Å². The maximum Gasteiger partial charge on any atom is 0.155 e. The highest BCUT2D eigenvalue weighted by molar-refractivity contribution is 7.92. The zero-order valence-corrected chi connectivity index (χ0v) is 8.81. The van der Waals surface area contributed by atoms with Crippen LogP contribution in [-0.2, 0) is 9.84 Å². The number of rotatable bonds is 0. The van der Waals surface area contributed by atoms with Gasteiger partial charge in [0, 0.05) is 12.6 Å². The van der Waals surface area contributed by atoms with Crippen molar-refractivity contribution in [1.82, 2.24) is 5.32 Å². The Morgan fingerprint density at radius 3 is 2.85 bits per heavy atom. The Hall–Kier alpha value is -0.0900.